The molecule has 0 spiro atoms. The fraction of sp³-hybridized carbons (Fsp3) is 0.727. The van der Waals surface area contributed by atoms with Crippen LogP contribution < -0.4 is 0 Å². The molecule has 1 aromatic rings. The van der Waals surface area contributed by atoms with Gasteiger partial charge in [-0.05, 0) is 59.6 Å². The van der Waals surface area contributed by atoms with Crippen molar-refractivity contribution in [3.05, 3.63) is 34.9 Å². The first-order chi connectivity index (χ1) is 11.3. The SMILES string of the molecule is [2H]C1(c2cccc(C3([2H])CCCCC3)c2C(C)(C)C)CCCCC1. The summed E-state index contributed by atoms with van der Waals surface area (Å²) >= 11 is 0. The van der Waals surface area contributed by atoms with Gasteiger partial charge in [-0.2, -0.15) is 0 Å². The Hall–Kier alpha value is -0.780. The molecule has 2 fully saturated rings. The van der Waals surface area contributed by atoms with Crippen molar-refractivity contribution in [3.8, 4) is 0 Å². The summed E-state index contributed by atoms with van der Waals surface area (Å²) in [7, 11) is 0. The predicted octanol–water partition coefficient (Wildman–Crippen LogP) is 7.08. The highest BCUT2D eigenvalue weighted by molar-refractivity contribution is 5.44. The molecule has 0 atom stereocenters. The van der Waals surface area contributed by atoms with Gasteiger partial charge < -0.3 is 0 Å². The van der Waals surface area contributed by atoms with Crippen LogP contribution in [-0.2, 0) is 5.41 Å². The number of hydrogen-bond donors (Lipinski definition) is 0. The molecular weight excluding hydrogens is 264 g/mol. The summed E-state index contributed by atoms with van der Waals surface area (Å²) in [6, 6.07) is 6.54. The van der Waals surface area contributed by atoms with Crippen LogP contribution in [0.25, 0.3) is 0 Å². The second-order valence-electron chi connectivity index (χ2n) is 8.31. The lowest BCUT2D eigenvalue weighted by Gasteiger charge is -2.35. The van der Waals surface area contributed by atoms with Gasteiger partial charge in [0.25, 0.3) is 0 Å². The lowest BCUT2D eigenvalue weighted by molar-refractivity contribution is 0.420. The molecular formula is C22H34. The van der Waals surface area contributed by atoms with Crippen molar-refractivity contribution in [2.24, 2.45) is 0 Å². The van der Waals surface area contributed by atoms with E-state index in [1.807, 2.05) is 0 Å². The third-order valence-electron chi connectivity index (χ3n) is 5.49. The maximum Gasteiger partial charge on any atom is 0.0352 e. The van der Waals surface area contributed by atoms with E-state index in [0.717, 1.165) is 25.7 Å². The Labute approximate surface area is 140 Å². The second-order valence-corrected chi connectivity index (χ2v) is 8.31. The molecule has 0 N–H and O–H groups in total. The van der Waals surface area contributed by atoms with Crippen molar-refractivity contribution >= 4 is 0 Å². The molecule has 0 nitrogen and oxygen atoms in total. The topological polar surface area (TPSA) is 0 Å². The zero-order valence-electron chi connectivity index (χ0n) is 16.8. The molecule has 1 aromatic carbocycles. The smallest absolute Gasteiger partial charge is 0.0352 e. The van der Waals surface area contributed by atoms with Crippen LogP contribution in [0.5, 0.6) is 0 Å². The third-order valence-corrected chi connectivity index (χ3v) is 5.49. The average molecular weight is 301 g/mol. The molecule has 22 heavy (non-hydrogen) atoms. The third kappa shape index (κ3) is 3.42. The molecule has 2 saturated carbocycles. The molecule has 0 aromatic heterocycles. The van der Waals surface area contributed by atoms with Gasteiger partial charge in [-0.1, -0.05) is 77.5 Å². The van der Waals surface area contributed by atoms with E-state index in [-0.39, 0.29) is 5.41 Å². The van der Waals surface area contributed by atoms with Crippen LogP contribution in [0, 0.1) is 0 Å². The summed E-state index contributed by atoms with van der Waals surface area (Å²) in [6.07, 6.45) is 11.1. The van der Waals surface area contributed by atoms with Gasteiger partial charge in [0.05, 0.1) is 0 Å². The van der Waals surface area contributed by atoms with Crippen molar-refractivity contribution < 1.29 is 2.74 Å². The van der Waals surface area contributed by atoms with Crippen LogP contribution in [0.1, 0.15) is 116 Å². The normalized spacial score (nSPS) is 26.1. The summed E-state index contributed by atoms with van der Waals surface area (Å²) < 4.78 is 18.4. The van der Waals surface area contributed by atoms with Crippen LogP contribution in [0.4, 0.5) is 0 Å². The van der Waals surface area contributed by atoms with E-state index < -0.39 is 11.8 Å². The second kappa shape index (κ2) is 6.77. The Morgan fingerprint density at radius 2 is 1.18 bits per heavy atom. The standard InChI is InChI=1S/C22H34/c1-22(2,3)21-19(17-11-6-4-7-12-17)15-10-16-20(21)18-13-8-5-9-14-18/h10,15-18H,4-9,11-14H2,1-3H3/i17D,18D. The van der Waals surface area contributed by atoms with Crippen molar-refractivity contribution in [1.29, 1.82) is 0 Å². The molecule has 2 aliphatic carbocycles. The van der Waals surface area contributed by atoms with Gasteiger partial charge in [0.15, 0.2) is 0 Å². The van der Waals surface area contributed by atoms with Gasteiger partial charge in [-0.25, -0.2) is 0 Å². The molecule has 0 radical (unpaired) electrons. The van der Waals surface area contributed by atoms with Crippen molar-refractivity contribution in [2.45, 2.75) is 102 Å². The summed E-state index contributed by atoms with van der Waals surface area (Å²) in [5, 5.41) is 0. The Morgan fingerprint density at radius 3 is 1.55 bits per heavy atom. The molecule has 0 heteroatoms. The van der Waals surface area contributed by atoms with Gasteiger partial charge in [-0.15, -0.1) is 0 Å². The summed E-state index contributed by atoms with van der Waals surface area (Å²) in [6.45, 7) is 6.81. The van der Waals surface area contributed by atoms with Crippen LogP contribution in [0.15, 0.2) is 18.2 Å². The van der Waals surface area contributed by atoms with Crippen molar-refractivity contribution in [2.75, 3.05) is 0 Å². The Bertz CT molecular complexity index is 528. The first-order valence-corrected chi connectivity index (χ1v) is 9.41. The van der Waals surface area contributed by atoms with Crippen LogP contribution in [-0.4, -0.2) is 0 Å². The quantitative estimate of drug-likeness (QED) is 0.547. The van der Waals surface area contributed by atoms with Crippen LogP contribution >= 0.6 is 0 Å². The maximum atomic E-state index is 9.20. The van der Waals surface area contributed by atoms with Crippen molar-refractivity contribution in [3.63, 3.8) is 0 Å². The fourth-order valence-corrected chi connectivity index (χ4v) is 4.45. The summed E-state index contributed by atoms with van der Waals surface area (Å²) in [5.41, 5.74) is 3.76. The zero-order valence-corrected chi connectivity index (χ0v) is 14.8. The highest BCUT2D eigenvalue weighted by Crippen LogP contribution is 2.44. The molecule has 0 amide bonds. The monoisotopic (exact) mass is 300 g/mol. The van der Waals surface area contributed by atoms with E-state index in [1.165, 1.54) is 55.2 Å². The van der Waals surface area contributed by atoms with Crippen LogP contribution in [0.2, 0.25) is 0 Å². The molecule has 0 bridgehead atoms. The number of rotatable bonds is 2. The molecule has 0 unspecified atom stereocenters. The Kier molecular flexibility index (Phi) is 4.20. The zero-order chi connectivity index (χ0) is 17.4. The van der Waals surface area contributed by atoms with E-state index in [1.54, 1.807) is 0 Å². The van der Waals surface area contributed by atoms with E-state index >= 15 is 0 Å². The van der Waals surface area contributed by atoms with Gasteiger partial charge in [0, 0.05) is 2.74 Å². The van der Waals surface area contributed by atoms with E-state index in [0.29, 0.717) is 0 Å². The highest BCUT2D eigenvalue weighted by Gasteiger charge is 2.29. The minimum Gasteiger partial charge on any atom is -0.0617 e. The molecule has 3 rings (SSSR count). The summed E-state index contributed by atoms with van der Waals surface area (Å²) in [4.78, 5) is 0. The van der Waals surface area contributed by atoms with Gasteiger partial charge in [0.2, 0.25) is 0 Å². The van der Waals surface area contributed by atoms with Gasteiger partial charge >= 0.3 is 0 Å². The van der Waals surface area contributed by atoms with E-state index in [2.05, 4.69) is 39.0 Å². The first-order valence-electron chi connectivity index (χ1n) is 10.4. The Morgan fingerprint density at radius 1 is 0.773 bits per heavy atom. The molecule has 0 saturated heterocycles. The van der Waals surface area contributed by atoms with E-state index in [4.69, 9.17) is 0 Å². The lowest BCUT2D eigenvalue weighted by atomic mass is 9.70. The number of hydrogen-bond acceptors (Lipinski definition) is 0. The lowest BCUT2D eigenvalue weighted by Crippen LogP contribution is -2.22. The highest BCUT2D eigenvalue weighted by atomic mass is 14.3. The van der Waals surface area contributed by atoms with Gasteiger partial charge in [0.1, 0.15) is 0 Å². The van der Waals surface area contributed by atoms with Crippen LogP contribution in [0.3, 0.4) is 0 Å². The Balaban J connectivity index is 2.15. The average Bonchev–Trinajstić information content (AvgIpc) is 2.55. The van der Waals surface area contributed by atoms with Gasteiger partial charge in [-0.3, -0.25) is 0 Å². The molecule has 122 valence electrons. The predicted molar refractivity (Wildman–Crippen MR) is 96.8 cm³/mol. The largest absolute Gasteiger partial charge is 0.0617 e. The minimum absolute atomic E-state index is 0.0110. The molecule has 2 aliphatic rings. The first kappa shape index (κ1) is 13.6. The summed E-state index contributed by atoms with van der Waals surface area (Å²) in [5.74, 6) is -0.885. The molecule has 0 aliphatic heterocycles. The number of benzene rings is 1. The van der Waals surface area contributed by atoms with Crippen molar-refractivity contribution in [1.82, 2.24) is 0 Å². The van der Waals surface area contributed by atoms with E-state index in [9.17, 15) is 2.74 Å². The minimum atomic E-state index is -0.443. The molecule has 0 heterocycles. The maximum absolute atomic E-state index is 9.20. The fourth-order valence-electron chi connectivity index (χ4n) is 4.45.